The van der Waals surface area contributed by atoms with Gasteiger partial charge in [0.15, 0.2) is 0 Å². The van der Waals surface area contributed by atoms with E-state index in [4.69, 9.17) is 5.11 Å². The Bertz CT molecular complexity index is 323. The van der Waals surface area contributed by atoms with Gasteiger partial charge in [-0.3, -0.25) is 0 Å². The number of amides is 2. The van der Waals surface area contributed by atoms with Crippen LogP contribution in [0.2, 0.25) is 0 Å². The maximum absolute atomic E-state index is 11.0. The summed E-state index contributed by atoms with van der Waals surface area (Å²) in [6, 6.07) is 9.32. The van der Waals surface area contributed by atoms with Gasteiger partial charge in [-0.05, 0) is 11.6 Å². The van der Waals surface area contributed by atoms with Gasteiger partial charge in [0.25, 0.3) is 0 Å². The highest BCUT2D eigenvalue weighted by Crippen LogP contribution is 1.99. The SMILES string of the molecule is O=C(N/C=C/c1ccccc1)NCCO. The Morgan fingerprint density at radius 3 is 2.73 bits per heavy atom. The van der Waals surface area contributed by atoms with E-state index in [1.54, 1.807) is 12.3 Å². The highest BCUT2D eigenvalue weighted by molar-refractivity contribution is 5.75. The van der Waals surface area contributed by atoms with E-state index in [0.717, 1.165) is 5.56 Å². The van der Waals surface area contributed by atoms with Crippen LogP contribution in [0.3, 0.4) is 0 Å². The van der Waals surface area contributed by atoms with Crippen molar-refractivity contribution in [3.8, 4) is 0 Å². The Labute approximate surface area is 88.6 Å². The van der Waals surface area contributed by atoms with Gasteiger partial charge in [0, 0.05) is 12.7 Å². The third-order valence-electron chi connectivity index (χ3n) is 1.69. The first-order chi connectivity index (χ1) is 7.33. The molecule has 0 spiro atoms. The summed E-state index contributed by atoms with van der Waals surface area (Å²) in [5.41, 5.74) is 1.01. The van der Waals surface area contributed by atoms with Gasteiger partial charge in [-0.25, -0.2) is 4.79 Å². The lowest BCUT2D eigenvalue weighted by Gasteiger charge is -2.01. The van der Waals surface area contributed by atoms with Crippen molar-refractivity contribution < 1.29 is 9.90 Å². The molecule has 0 aromatic heterocycles. The van der Waals surface area contributed by atoms with Gasteiger partial charge in [-0.1, -0.05) is 30.3 Å². The molecule has 0 radical (unpaired) electrons. The Morgan fingerprint density at radius 1 is 1.33 bits per heavy atom. The predicted octanol–water partition coefficient (Wildman–Crippen LogP) is 0.949. The molecule has 0 aliphatic heterocycles. The lowest BCUT2D eigenvalue weighted by atomic mass is 10.2. The molecule has 0 atom stereocenters. The quantitative estimate of drug-likeness (QED) is 0.686. The molecule has 0 saturated carbocycles. The summed E-state index contributed by atoms with van der Waals surface area (Å²) in [4.78, 5) is 11.0. The number of urea groups is 1. The third-order valence-corrected chi connectivity index (χ3v) is 1.69. The van der Waals surface area contributed by atoms with Crippen molar-refractivity contribution in [2.24, 2.45) is 0 Å². The monoisotopic (exact) mass is 206 g/mol. The zero-order valence-electron chi connectivity index (χ0n) is 8.31. The van der Waals surface area contributed by atoms with Crippen molar-refractivity contribution in [3.05, 3.63) is 42.1 Å². The number of hydrogen-bond donors (Lipinski definition) is 3. The average molecular weight is 206 g/mol. The van der Waals surface area contributed by atoms with Crippen LogP contribution in [0.15, 0.2) is 36.5 Å². The molecule has 3 N–H and O–H groups in total. The molecule has 2 amide bonds. The number of hydrogen-bond acceptors (Lipinski definition) is 2. The second-order valence-corrected chi connectivity index (χ2v) is 2.87. The van der Waals surface area contributed by atoms with Crippen LogP contribution < -0.4 is 10.6 Å². The molecular weight excluding hydrogens is 192 g/mol. The Kier molecular flexibility index (Phi) is 4.97. The summed E-state index contributed by atoms with van der Waals surface area (Å²) < 4.78 is 0. The molecular formula is C11H14N2O2. The summed E-state index contributed by atoms with van der Waals surface area (Å²) in [6.45, 7) is 0.195. The lowest BCUT2D eigenvalue weighted by Crippen LogP contribution is -2.33. The van der Waals surface area contributed by atoms with E-state index in [2.05, 4.69) is 10.6 Å². The molecule has 80 valence electrons. The summed E-state index contributed by atoms with van der Waals surface area (Å²) in [5, 5.41) is 13.4. The van der Waals surface area contributed by atoms with Crippen molar-refractivity contribution in [3.63, 3.8) is 0 Å². The standard InChI is InChI=1S/C11H14N2O2/c14-9-8-13-11(15)12-7-6-10-4-2-1-3-5-10/h1-7,14H,8-9H2,(H2,12,13,15)/b7-6+. The largest absolute Gasteiger partial charge is 0.395 e. The number of aliphatic hydroxyl groups excluding tert-OH is 1. The van der Waals surface area contributed by atoms with Gasteiger partial charge in [-0.15, -0.1) is 0 Å². The fourth-order valence-electron chi connectivity index (χ4n) is 0.998. The first-order valence-electron chi connectivity index (χ1n) is 4.70. The number of benzene rings is 1. The van der Waals surface area contributed by atoms with E-state index in [0.29, 0.717) is 0 Å². The number of carbonyl (C=O) groups is 1. The van der Waals surface area contributed by atoms with Gasteiger partial charge >= 0.3 is 6.03 Å². The predicted molar refractivity (Wildman–Crippen MR) is 59.1 cm³/mol. The topological polar surface area (TPSA) is 61.4 Å². The highest BCUT2D eigenvalue weighted by atomic mass is 16.3. The number of carbonyl (C=O) groups excluding carboxylic acids is 1. The highest BCUT2D eigenvalue weighted by Gasteiger charge is 1.93. The number of aliphatic hydroxyl groups is 1. The maximum Gasteiger partial charge on any atom is 0.318 e. The number of rotatable bonds is 4. The van der Waals surface area contributed by atoms with Crippen LogP contribution in [0.4, 0.5) is 4.79 Å². The normalized spacial score (nSPS) is 10.2. The van der Waals surface area contributed by atoms with Gasteiger partial charge in [-0.2, -0.15) is 0 Å². The summed E-state index contributed by atoms with van der Waals surface area (Å²) >= 11 is 0. The second kappa shape index (κ2) is 6.62. The van der Waals surface area contributed by atoms with Crippen molar-refractivity contribution >= 4 is 12.1 Å². The van der Waals surface area contributed by atoms with Gasteiger partial charge in [0.05, 0.1) is 6.61 Å². The molecule has 15 heavy (non-hydrogen) atoms. The van der Waals surface area contributed by atoms with Gasteiger partial charge in [0.2, 0.25) is 0 Å². The van der Waals surface area contributed by atoms with E-state index in [1.807, 2.05) is 30.3 Å². The molecule has 1 aromatic carbocycles. The van der Waals surface area contributed by atoms with E-state index < -0.39 is 0 Å². The van der Waals surface area contributed by atoms with Crippen LogP contribution >= 0.6 is 0 Å². The van der Waals surface area contributed by atoms with Crippen LogP contribution in [-0.4, -0.2) is 24.3 Å². The summed E-state index contributed by atoms with van der Waals surface area (Å²) in [5.74, 6) is 0. The molecule has 0 saturated heterocycles. The summed E-state index contributed by atoms with van der Waals surface area (Å²) in [7, 11) is 0. The Morgan fingerprint density at radius 2 is 2.07 bits per heavy atom. The van der Waals surface area contributed by atoms with Crippen molar-refractivity contribution in [1.82, 2.24) is 10.6 Å². The van der Waals surface area contributed by atoms with Crippen LogP contribution in [0.25, 0.3) is 6.08 Å². The first-order valence-corrected chi connectivity index (χ1v) is 4.70. The van der Waals surface area contributed by atoms with Crippen molar-refractivity contribution in [2.75, 3.05) is 13.2 Å². The molecule has 1 rings (SSSR count). The van der Waals surface area contributed by atoms with Crippen molar-refractivity contribution in [2.45, 2.75) is 0 Å². The first kappa shape index (κ1) is 11.3. The van der Waals surface area contributed by atoms with E-state index in [1.165, 1.54) is 0 Å². The zero-order chi connectivity index (χ0) is 10.9. The van der Waals surface area contributed by atoms with E-state index >= 15 is 0 Å². The third kappa shape index (κ3) is 4.83. The van der Waals surface area contributed by atoms with Crippen LogP contribution in [0.1, 0.15) is 5.56 Å². The Balaban J connectivity index is 2.31. The fourth-order valence-corrected chi connectivity index (χ4v) is 0.998. The van der Waals surface area contributed by atoms with Crippen LogP contribution in [0, 0.1) is 0 Å². The average Bonchev–Trinajstić information content (AvgIpc) is 2.28. The van der Waals surface area contributed by atoms with E-state index in [-0.39, 0.29) is 19.2 Å². The smallest absolute Gasteiger partial charge is 0.318 e. The van der Waals surface area contributed by atoms with Crippen molar-refractivity contribution in [1.29, 1.82) is 0 Å². The van der Waals surface area contributed by atoms with Crippen LogP contribution in [0.5, 0.6) is 0 Å². The second-order valence-electron chi connectivity index (χ2n) is 2.87. The molecule has 1 aromatic rings. The number of nitrogens with one attached hydrogen (secondary N) is 2. The molecule has 0 unspecified atom stereocenters. The lowest BCUT2D eigenvalue weighted by molar-refractivity contribution is 0.237. The molecule has 4 heteroatoms. The molecule has 0 fully saturated rings. The fraction of sp³-hybridized carbons (Fsp3) is 0.182. The molecule has 0 bridgehead atoms. The minimum Gasteiger partial charge on any atom is -0.395 e. The van der Waals surface area contributed by atoms with Gasteiger partial charge < -0.3 is 15.7 Å². The van der Waals surface area contributed by atoms with Crippen LogP contribution in [-0.2, 0) is 0 Å². The minimum absolute atomic E-state index is 0.0597. The maximum atomic E-state index is 11.0. The zero-order valence-corrected chi connectivity index (χ0v) is 8.31. The molecule has 0 aliphatic rings. The Hall–Kier alpha value is -1.81. The minimum atomic E-state index is -0.323. The summed E-state index contributed by atoms with van der Waals surface area (Å²) in [6.07, 6.45) is 3.35. The van der Waals surface area contributed by atoms with Gasteiger partial charge in [0.1, 0.15) is 0 Å². The molecule has 4 nitrogen and oxygen atoms in total. The molecule has 0 heterocycles. The van der Waals surface area contributed by atoms with E-state index in [9.17, 15) is 4.79 Å². The molecule has 0 aliphatic carbocycles.